The molecule has 0 bridgehead atoms. The molecular formula is C11H12Cl2FN. The summed E-state index contributed by atoms with van der Waals surface area (Å²) in [7, 11) is 0. The summed E-state index contributed by atoms with van der Waals surface area (Å²) in [5, 5.41) is 0.535. The molecule has 1 aromatic carbocycles. The smallest absolute Gasteiger partial charge is 0.143 e. The van der Waals surface area contributed by atoms with Gasteiger partial charge in [-0.1, -0.05) is 23.2 Å². The number of hydrogen-bond donors (Lipinski definition) is 1. The molecule has 1 nitrogen and oxygen atoms in total. The first-order valence-electron chi connectivity index (χ1n) is 4.88. The van der Waals surface area contributed by atoms with E-state index in [9.17, 15) is 4.39 Å². The zero-order valence-electron chi connectivity index (χ0n) is 8.36. The first-order chi connectivity index (χ1) is 6.97. The van der Waals surface area contributed by atoms with Gasteiger partial charge in [-0.05, 0) is 37.5 Å². The Balaban J connectivity index is 2.49. The lowest BCUT2D eigenvalue weighted by Gasteiger charge is -2.21. The summed E-state index contributed by atoms with van der Waals surface area (Å²) in [5.74, 6) is -0.481. The van der Waals surface area contributed by atoms with Gasteiger partial charge in [-0.15, -0.1) is 0 Å². The van der Waals surface area contributed by atoms with E-state index in [0.29, 0.717) is 5.02 Å². The third kappa shape index (κ3) is 1.75. The summed E-state index contributed by atoms with van der Waals surface area (Å²) in [4.78, 5) is 0. The van der Waals surface area contributed by atoms with Crippen LogP contribution in [-0.4, -0.2) is 6.04 Å². The topological polar surface area (TPSA) is 26.0 Å². The van der Waals surface area contributed by atoms with Crippen molar-refractivity contribution < 1.29 is 4.39 Å². The lowest BCUT2D eigenvalue weighted by atomic mass is 9.89. The van der Waals surface area contributed by atoms with Crippen LogP contribution in [0.5, 0.6) is 0 Å². The van der Waals surface area contributed by atoms with Crippen molar-refractivity contribution in [2.75, 3.05) is 0 Å². The number of nitrogens with two attached hydrogens (primary N) is 1. The van der Waals surface area contributed by atoms with Gasteiger partial charge >= 0.3 is 0 Å². The lowest BCUT2D eigenvalue weighted by molar-refractivity contribution is 0.554. The molecule has 1 saturated carbocycles. The fourth-order valence-electron chi connectivity index (χ4n) is 2.01. The Morgan fingerprint density at radius 1 is 1.33 bits per heavy atom. The average Bonchev–Trinajstić information content (AvgIpc) is 2.92. The molecule has 1 fully saturated rings. The van der Waals surface area contributed by atoms with Crippen molar-refractivity contribution in [3.8, 4) is 0 Å². The van der Waals surface area contributed by atoms with Crippen LogP contribution >= 0.6 is 23.2 Å². The third-order valence-corrected chi connectivity index (χ3v) is 3.81. The van der Waals surface area contributed by atoms with Crippen LogP contribution in [0.25, 0.3) is 0 Å². The Morgan fingerprint density at radius 3 is 2.40 bits per heavy atom. The molecule has 1 aromatic rings. The van der Waals surface area contributed by atoms with Crippen molar-refractivity contribution in [1.82, 2.24) is 0 Å². The summed E-state index contributed by atoms with van der Waals surface area (Å²) in [6.45, 7) is 1.95. The minimum absolute atomic E-state index is 0.0107. The molecule has 0 saturated heterocycles. The zero-order valence-corrected chi connectivity index (χ0v) is 9.87. The highest BCUT2D eigenvalue weighted by molar-refractivity contribution is 6.33. The predicted molar refractivity (Wildman–Crippen MR) is 61.0 cm³/mol. The maximum atomic E-state index is 13.1. The largest absolute Gasteiger partial charge is 0.327 e. The summed E-state index contributed by atoms with van der Waals surface area (Å²) >= 11 is 11.8. The molecule has 1 atom stereocenters. The highest BCUT2D eigenvalue weighted by atomic mass is 35.5. The summed E-state index contributed by atoms with van der Waals surface area (Å²) in [6, 6.07) is 2.88. The van der Waals surface area contributed by atoms with Crippen LogP contribution in [-0.2, 0) is 5.41 Å². The SMILES string of the molecule is CC(N)C1(c2cc(Cl)c(F)cc2Cl)CC1. The normalized spacial score (nSPS) is 20.1. The number of halogens is 3. The highest BCUT2D eigenvalue weighted by Crippen LogP contribution is 2.53. The second-order valence-corrected chi connectivity index (χ2v) is 5.01. The second-order valence-electron chi connectivity index (χ2n) is 4.19. The quantitative estimate of drug-likeness (QED) is 0.796. The molecule has 0 heterocycles. The Morgan fingerprint density at radius 2 is 1.93 bits per heavy atom. The van der Waals surface area contributed by atoms with Gasteiger partial charge in [0, 0.05) is 16.5 Å². The van der Waals surface area contributed by atoms with E-state index < -0.39 is 5.82 Å². The number of benzene rings is 1. The van der Waals surface area contributed by atoms with Crippen LogP contribution in [0.15, 0.2) is 12.1 Å². The highest BCUT2D eigenvalue weighted by Gasteiger charge is 2.48. The first-order valence-corrected chi connectivity index (χ1v) is 5.63. The average molecular weight is 248 g/mol. The fraction of sp³-hybridized carbons (Fsp3) is 0.455. The van der Waals surface area contributed by atoms with Crippen LogP contribution in [0.1, 0.15) is 25.3 Å². The van der Waals surface area contributed by atoms with E-state index in [1.165, 1.54) is 6.07 Å². The molecule has 4 heteroatoms. The van der Waals surface area contributed by atoms with Gasteiger partial charge in [-0.2, -0.15) is 0 Å². The van der Waals surface area contributed by atoms with Crippen molar-refractivity contribution in [1.29, 1.82) is 0 Å². The van der Waals surface area contributed by atoms with Crippen LogP contribution in [0.2, 0.25) is 10.0 Å². The van der Waals surface area contributed by atoms with Gasteiger partial charge in [0.05, 0.1) is 5.02 Å². The van der Waals surface area contributed by atoms with Crippen molar-refractivity contribution in [3.05, 3.63) is 33.6 Å². The van der Waals surface area contributed by atoms with Crippen molar-refractivity contribution in [3.63, 3.8) is 0 Å². The van der Waals surface area contributed by atoms with Gasteiger partial charge in [-0.25, -0.2) is 4.39 Å². The molecule has 2 N–H and O–H groups in total. The Hall–Kier alpha value is -0.310. The minimum atomic E-state index is -0.481. The Kier molecular flexibility index (Phi) is 2.70. The molecule has 1 unspecified atom stereocenters. The number of rotatable bonds is 2. The van der Waals surface area contributed by atoms with Crippen molar-refractivity contribution in [2.24, 2.45) is 5.73 Å². The molecule has 82 valence electrons. The Bertz CT molecular complexity index is 400. The molecule has 1 aliphatic carbocycles. The van der Waals surface area contributed by atoms with Gasteiger partial charge in [-0.3, -0.25) is 0 Å². The number of hydrogen-bond acceptors (Lipinski definition) is 1. The van der Waals surface area contributed by atoms with Crippen LogP contribution in [0.3, 0.4) is 0 Å². The van der Waals surface area contributed by atoms with Gasteiger partial charge in [0.1, 0.15) is 5.82 Å². The molecule has 1 aliphatic rings. The van der Waals surface area contributed by atoms with Crippen molar-refractivity contribution >= 4 is 23.2 Å². The third-order valence-electron chi connectivity index (χ3n) is 3.21. The molecular weight excluding hydrogens is 236 g/mol. The van der Waals surface area contributed by atoms with E-state index in [2.05, 4.69) is 0 Å². The predicted octanol–water partition coefficient (Wildman–Crippen LogP) is 3.51. The maximum Gasteiger partial charge on any atom is 0.143 e. The summed E-state index contributed by atoms with van der Waals surface area (Å²) in [5.41, 5.74) is 6.72. The van der Waals surface area contributed by atoms with E-state index in [1.807, 2.05) is 6.92 Å². The molecule has 0 radical (unpaired) electrons. The Labute approximate surface area is 98.4 Å². The van der Waals surface area contributed by atoms with E-state index >= 15 is 0 Å². The minimum Gasteiger partial charge on any atom is -0.327 e. The molecule has 0 aromatic heterocycles. The standard InChI is InChI=1S/C11H12Cl2FN/c1-6(15)11(2-3-11)7-4-9(13)10(14)5-8(7)12/h4-6H,2-3,15H2,1H3. The molecule has 0 aliphatic heterocycles. The molecule has 2 rings (SSSR count). The summed E-state index contributed by atoms with van der Waals surface area (Å²) < 4.78 is 13.1. The molecule has 0 amide bonds. The van der Waals surface area contributed by atoms with Gasteiger partial charge in [0.25, 0.3) is 0 Å². The first kappa shape index (κ1) is 11.2. The van der Waals surface area contributed by atoms with Crippen LogP contribution in [0, 0.1) is 5.82 Å². The van der Waals surface area contributed by atoms with E-state index in [1.54, 1.807) is 6.07 Å². The summed E-state index contributed by atoms with van der Waals surface area (Å²) in [6.07, 6.45) is 1.98. The van der Waals surface area contributed by atoms with Gasteiger partial charge in [0.2, 0.25) is 0 Å². The van der Waals surface area contributed by atoms with Crippen LogP contribution in [0.4, 0.5) is 4.39 Å². The molecule has 15 heavy (non-hydrogen) atoms. The maximum absolute atomic E-state index is 13.1. The molecule has 0 spiro atoms. The van der Waals surface area contributed by atoms with E-state index in [4.69, 9.17) is 28.9 Å². The second kappa shape index (κ2) is 3.62. The van der Waals surface area contributed by atoms with Gasteiger partial charge < -0.3 is 5.73 Å². The monoisotopic (exact) mass is 247 g/mol. The van der Waals surface area contributed by atoms with E-state index in [0.717, 1.165) is 18.4 Å². The van der Waals surface area contributed by atoms with Crippen LogP contribution < -0.4 is 5.73 Å². The van der Waals surface area contributed by atoms with Crippen molar-refractivity contribution in [2.45, 2.75) is 31.2 Å². The zero-order chi connectivity index (χ0) is 11.2. The fourth-order valence-corrected chi connectivity index (χ4v) is 2.51. The lowest BCUT2D eigenvalue weighted by Crippen LogP contribution is -2.31. The van der Waals surface area contributed by atoms with E-state index in [-0.39, 0.29) is 16.5 Å². The van der Waals surface area contributed by atoms with Gasteiger partial charge in [0.15, 0.2) is 0 Å².